The van der Waals surface area contributed by atoms with Gasteiger partial charge in [-0.25, -0.2) is 0 Å². The maximum Gasteiger partial charge on any atom is 0.272 e. The number of ether oxygens (including phenoxy) is 1. The van der Waals surface area contributed by atoms with Crippen molar-refractivity contribution in [2.75, 3.05) is 51.3 Å². The molecule has 0 bridgehead atoms. The summed E-state index contributed by atoms with van der Waals surface area (Å²) in [5, 5.41) is 2.79. The first kappa shape index (κ1) is 17.3. The van der Waals surface area contributed by atoms with E-state index in [2.05, 4.69) is 15.2 Å². The smallest absolute Gasteiger partial charge is 0.272 e. The van der Waals surface area contributed by atoms with E-state index in [-0.39, 0.29) is 17.7 Å². The first-order chi connectivity index (χ1) is 12.6. The number of hydrogen-bond acceptors (Lipinski definition) is 5. The standard InChI is InChI=1S/C19H26N4O3/c1-20-18(25)19-5-9-26-12-14(19)11-23(13-19)17(24)16-10-15(4-6-21-16)22-7-2-3-8-22/h4,6,10,14H,2-3,5,7-9,11-13H2,1H3,(H,20,25)/t14-,19+/m1/s1. The summed E-state index contributed by atoms with van der Waals surface area (Å²) in [4.78, 5) is 34.0. The molecule has 7 nitrogen and oxygen atoms in total. The van der Waals surface area contributed by atoms with Gasteiger partial charge >= 0.3 is 0 Å². The fraction of sp³-hybridized carbons (Fsp3) is 0.632. The molecule has 0 aliphatic carbocycles. The van der Waals surface area contributed by atoms with Crippen LogP contribution in [0, 0.1) is 11.3 Å². The average Bonchev–Trinajstić information content (AvgIpc) is 3.35. The monoisotopic (exact) mass is 358 g/mol. The molecule has 7 heteroatoms. The quantitative estimate of drug-likeness (QED) is 0.869. The van der Waals surface area contributed by atoms with Crippen LogP contribution in [0.25, 0.3) is 0 Å². The van der Waals surface area contributed by atoms with E-state index in [1.165, 1.54) is 12.8 Å². The molecule has 1 aromatic heterocycles. The minimum absolute atomic E-state index is 0.0138. The summed E-state index contributed by atoms with van der Waals surface area (Å²) in [5.74, 6) is -0.0366. The number of rotatable bonds is 3. The summed E-state index contributed by atoms with van der Waals surface area (Å²) in [6, 6.07) is 3.85. The number of hydrogen-bond donors (Lipinski definition) is 1. The number of aromatic nitrogens is 1. The summed E-state index contributed by atoms with van der Waals surface area (Å²) in [6.45, 7) is 4.13. The second-order valence-corrected chi connectivity index (χ2v) is 7.54. The van der Waals surface area contributed by atoms with Gasteiger partial charge in [-0.05, 0) is 31.4 Å². The normalized spacial score (nSPS) is 28.1. The SMILES string of the molecule is CNC(=O)[C@]12CCOC[C@H]1CN(C(=O)c1cc(N3CCCC3)ccn1)C2. The summed E-state index contributed by atoms with van der Waals surface area (Å²) in [5.41, 5.74) is 0.984. The Morgan fingerprint density at radius 3 is 2.92 bits per heavy atom. The number of nitrogens with zero attached hydrogens (tertiary/aromatic N) is 3. The number of amides is 2. The Bertz CT molecular complexity index is 704. The molecule has 140 valence electrons. The number of fused-ring (bicyclic) bond motifs is 1. The molecule has 3 aliphatic heterocycles. The third-order valence-corrected chi connectivity index (χ3v) is 6.11. The van der Waals surface area contributed by atoms with E-state index in [1.54, 1.807) is 18.1 Å². The molecule has 0 aromatic carbocycles. The second-order valence-electron chi connectivity index (χ2n) is 7.54. The van der Waals surface area contributed by atoms with Gasteiger partial charge < -0.3 is 19.9 Å². The molecule has 0 unspecified atom stereocenters. The minimum Gasteiger partial charge on any atom is -0.381 e. The van der Waals surface area contributed by atoms with E-state index in [4.69, 9.17) is 4.74 Å². The molecule has 3 aliphatic rings. The predicted molar refractivity (Wildman–Crippen MR) is 97.0 cm³/mol. The fourth-order valence-electron chi connectivity index (χ4n) is 4.60. The van der Waals surface area contributed by atoms with E-state index < -0.39 is 5.41 Å². The number of anilines is 1. The van der Waals surface area contributed by atoms with Crippen molar-refractivity contribution in [1.82, 2.24) is 15.2 Å². The molecule has 1 aromatic rings. The largest absolute Gasteiger partial charge is 0.381 e. The Morgan fingerprint density at radius 2 is 2.15 bits per heavy atom. The van der Waals surface area contributed by atoms with E-state index in [0.29, 0.717) is 38.4 Å². The van der Waals surface area contributed by atoms with Crippen molar-refractivity contribution in [2.24, 2.45) is 11.3 Å². The van der Waals surface area contributed by atoms with Crippen LogP contribution >= 0.6 is 0 Å². The molecule has 3 fully saturated rings. The lowest BCUT2D eigenvalue weighted by Crippen LogP contribution is -2.49. The van der Waals surface area contributed by atoms with Crippen LogP contribution in [-0.2, 0) is 9.53 Å². The van der Waals surface area contributed by atoms with Crippen LogP contribution in [0.2, 0.25) is 0 Å². The van der Waals surface area contributed by atoms with Crippen LogP contribution in [0.15, 0.2) is 18.3 Å². The van der Waals surface area contributed by atoms with Crippen LogP contribution in [0.1, 0.15) is 29.8 Å². The molecule has 0 saturated carbocycles. The summed E-state index contributed by atoms with van der Waals surface area (Å²) < 4.78 is 5.58. The Balaban J connectivity index is 1.55. The lowest BCUT2D eigenvalue weighted by Gasteiger charge is -2.36. The van der Waals surface area contributed by atoms with Crippen LogP contribution < -0.4 is 10.2 Å². The third kappa shape index (κ3) is 2.84. The summed E-state index contributed by atoms with van der Waals surface area (Å²) >= 11 is 0. The van der Waals surface area contributed by atoms with E-state index in [0.717, 1.165) is 18.8 Å². The van der Waals surface area contributed by atoms with E-state index in [1.807, 2.05) is 12.1 Å². The molecule has 4 rings (SSSR count). The Hall–Kier alpha value is -2.15. The summed E-state index contributed by atoms with van der Waals surface area (Å²) in [7, 11) is 1.66. The van der Waals surface area contributed by atoms with Crippen LogP contribution in [0.3, 0.4) is 0 Å². The second kappa shape index (κ2) is 6.87. The first-order valence-electron chi connectivity index (χ1n) is 9.44. The zero-order valence-corrected chi connectivity index (χ0v) is 15.2. The van der Waals surface area contributed by atoms with Crippen molar-refractivity contribution in [3.05, 3.63) is 24.0 Å². The highest BCUT2D eigenvalue weighted by Gasteiger charge is 2.54. The van der Waals surface area contributed by atoms with Crippen molar-refractivity contribution in [2.45, 2.75) is 19.3 Å². The van der Waals surface area contributed by atoms with Gasteiger partial charge in [-0.3, -0.25) is 14.6 Å². The number of carbonyl (C=O) groups is 2. The topological polar surface area (TPSA) is 74.8 Å². The molecule has 2 atom stereocenters. The van der Waals surface area contributed by atoms with Crippen molar-refractivity contribution >= 4 is 17.5 Å². The van der Waals surface area contributed by atoms with Crippen molar-refractivity contribution in [3.63, 3.8) is 0 Å². The molecular formula is C19H26N4O3. The number of likely N-dealkylation sites (tertiary alicyclic amines) is 1. The Labute approximate surface area is 153 Å². The number of nitrogens with one attached hydrogen (secondary N) is 1. The van der Waals surface area contributed by atoms with Gasteiger partial charge in [-0.15, -0.1) is 0 Å². The average molecular weight is 358 g/mol. The van der Waals surface area contributed by atoms with Crippen molar-refractivity contribution < 1.29 is 14.3 Å². The number of carbonyl (C=O) groups excluding carboxylic acids is 2. The van der Waals surface area contributed by atoms with Gasteiger partial charge in [0.15, 0.2) is 0 Å². The summed E-state index contributed by atoms with van der Waals surface area (Å²) in [6.07, 6.45) is 4.74. The van der Waals surface area contributed by atoms with Crippen molar-refractivity contribution in [3.8, 4) is 0 Å². The first-order valence-corrected chi connectivity index (χ1v) is 9.44. The maximum atomic E-state index is 13.1. The maximum absolute atomic E-state index is 13.1. The number of pyridine rings is 1. The fourth-order valence-corrected chi connectivity index (χ4v) is 4.60. The molecule has 4 heterocycles. The molecular weight excluding hydrogens is 332 g/mol. The van der Waals surface area contributed by atoms with E-state index in [9.17, 15) is 9.59 Å². The molecule has 26 heavy (non-hydrogen) atoms. The van der Waals surface area contributed by atoms with Crippen LogP contribution in [-0.4, -0.2) is 68.1 Å². The Kier molecular flexibility index (Phi) is 4.56. The van der Waals surface area contributed by atoms with Gasteiger partial charge in [0.25, 0.3) is 5.91 Å². The van der Waals surface area contributed by atoms with Gasteiger partial charge in [0.2, 0.25) is 5.91 Å². The zero-order chi connectivity index (χ0) is 18.1. The van der Waals surface area contributed by atoms with Crippen molar-refractivity contribution in [1.29, 1.82) is 0 Å². The highest BCUT2D eigenvalue weighted by atomic mass is 16.5. The van der Waals surface area contributed by atoms with E-state index >= 15 is 0 Å². The van der Waals surface area contributed by atoms with Crippen LogP contribution in [0.5, 0.6) is 0 Å². The third-order valence-electron chi connectivity index (χ3n) is 6.11. The zero-order valence-electron chi connectivity index (χ0n) is 15.2. The molecule has 1 N–H and O–H groups in total. The lowest BCUT2D eigenvalue weighted by molar-refractivity contribution is -0.138. The minimum atomic E-state index is -0.533. The predicted octanol–water partition coefficient (Wildman–Crippen LogP) is 0.907. The molecule has 2 amide bonds. The van der Waals surface area contributed by atoms with Gasteiger partial charge in [0.1, 0.15) is 5.69 Å². The van der Waals surface area contributed by atoms with Gasteiger partial charge in [0, 0.05) is 57.6 Å². The molecule has 0 spiro atoms. The van der Waals surface area contributed by atoms with Gasteiger partial charge in [-0.1, -0.05) is 0 Å². The highest BCUT2D eigenvalue weighted by Crippen LogP contribution is 2.42. The highest BCUT2D eigenvalue weighted by molar-refractivity contribution is 5.94. The van der Waals surface area contributed by atoms with Gasteiger partial charge in [-0.2, -0.15) is 0 Å². The lowest BCUT2D eigenvalue weighted by atomic mass is 9.73. The molecule has 0 radical (unpaired) electrons. The molecule has 3 saturated heterocycles. The van der Waals surface area contributed by atoms with Gasteiger partial charge in [0.05, 0.1) is 12.0 Å². The Morgan fingerprint density at radius 1 is 1.35 bits per heavy atom. The van der Waals surface area contributed by atoms with Crippen LogP contribution in [0.4, 0.5) is 5.69 Å².